The van der Waals surface area contributed by atoms with Gasteiger partial charge in [0, 0.05) is 6.42 Å². The van der Waals surface area contributed by atoms with Crippen LogP contribution in [0.1, 0.15) is 239 Å². The third-order valence-electron chi connectivity index (χ3n) is 10.5. The third kappa shape index (κ3) is 41.4. The molecule has 0 aliphatic carbocycles. The highest BCUT2D eigenvalue weighted by Gasteiger charge is 2.17. The van der Waals surface area contributed by atoms with Gasteiger partial charge in [0.2, 0.25) is 5.91 Å². The van der Waals surface area contributed by atoms with Gasteiger partial charge in [0.1, 0.15) is 0 Å². The smallest absolute Gasteiger partial charge is 0.220 e. The van der Waals surface area contributed by atoms with Crippen molar-refractivity contribution >= 4 is 5.91 Å². The molecule has 0 saturated carbocycles. The summed E-state index contributed by atoms with van der Waals surface area (Å²) in [6, 6.07) is -0.648. The zero-order chi connectivity index (χ0) is 38.6. The van der Waals surface area contributed by atoms with Crippen molar-refractivity contribution in [2.75, 3.05) is 6.61 Å². The van der Waals surface area contributed by atoms with E-state index in [1.165, 1.54) is 180 Å². The molecule has 0 rings (SSSR count). The predicted octanol–water partition coefficient (Wildman–Crippen LogP) is 14.7. The first-order valence-electron chi connectivity index (χ1n) is 23.4. The van der Waals surface area contributed by atoms with Crippen LogP contribution in [0.2, 0.25) is 0 Å². The summed E-state index contributed by atoms with van der Waals surface area (Å²) in [7, 11) is 0. The van der Waals surface area contributed by atoms with Crippen molar-refractivity contribution in [1.29, 1.82) is 0 Å². The lowest BCUT2D eigenvalue weighted by molar-refractivity contribution is -0.123. The summed E-state index contributed by atoms with van der Waals surface area (Å²) in [4.78, 5) is 12.4. The number of carbonyl (C=O) groups is 1. The van der Waals surface area contributed by atoms with Gasteiger partial charge in [-0.05, 0) is 70.6 Å². The second-order valence-electron chi connectivity index (χ2n) is 15.8. The Morgan fingerprint density at radius 2 is 0.736 bits per heavy atom. The van der Waals surface area contributed by atoms with Crippen molar-refractivity contribution in [2.24, 2.45) is 0 Å². The van der Waals surface area contributed by atoms with Gasteiger partial charge < -0.3 is 15.5 Å². The van der Waals surface area contributed by atoms with Crippen molar-refractivity contribution in [3.8, 4) is 0 Å². The number of nitrogens with one attached hydrogen (secondary N) is 1. The summed E-state index contributed by atoms with van der Waals surface area (Å²) < 4.78 is 0. The number of rotatable bonds is 42. The second kappa shape index (κ2) is 44.7. The van der Waals surface area contributed by atoms with E-state index in [4.69, 9.17) is 0 Å². The quantitative estimate of drug-likeness (QED) is 0.0431. The van der Waals surface area contributed by atoms with Crippen LogP contribution in [-0.2, 0) is 4.79 Å². The molecule has 0 radical (unpaired) electrons. The van der Waals surface area contributed by atoms with E-state index < -0.39 is 12.1 Å². The molecule has 0 spiro atoms. The van der Waals surface area contributed by atoms with Crippen molar-refractivity contribution in [3.05, 3.63) is 48.6 Å². The van der Waals surface area contributed by atoms with Crippen LogP contribution < -0.4 is 5.32 Å². The van der Waals surface area contributed by atoms with Gasteiger partial charge >= 0.3 is 0 Å². The molecule has 0 aliphatic heterocycles. The molecule has 0 aromatic rings. The summed E-state index contributed by atoms with van der Waals surface area (Å²) in [6.45, 7) is 4.30. The first-order valence-corrected chi connectivity index (χ1v) is 23.4. The number of hydrogen-bond donors (Lipinski definition) is 3. The summed E-state index contributed by atoms with van der Waals surface area (Å²) in [5.41, 5.74) is 0. The number of allylic oxidation sites excluding steroid dienone is 7. The Balaban J connectivity index is 3.62. The molecule has 53 heavy (non-hydrogen) atoms. The van der Waals surface area contributed by atoms with Crippen LogP contribution in [0.15, 0.2) is 48.6 Å². The number of carbonyl (C=O) groups excluding carboxylic acids is 1. The minimum Gasteiger partial charge on any atom is -0.394 e. The van der Waals surface area contributed by atoms with Crippen LogP contribution in [0.3, 0.4) is 0 Å². The minimum atomic E-state index is -0.872. The standard InChI is InChI=1S/C49H91NO3/c1-3-5-7-9-11-13-15-17-19-21-23-24-25-27-29-31-33-35-37-39-41-43-45-49(53)50-47(46-51)48(52)44-42-40-38-36-34-32-30-28-26-22-20-18-16-14-12-10-8-6-4-2/h25-28,34,36,42,44,47-48,51-52H,3-24,29-33,35,37-41,43,45-46H2,1-2H3,(H,50,53)/b27-25-,28-26+,36-34+,44-42+. The lowest BCUT2D eigenvalue weighted by atomic mass is 10.0. The molecular weight excluding hydrogens is 651 g/mol. The SMILES string of the molecule is CCCCCCCCCCC/C=C/CC/C=C/CC/C=C/C(O)C(CO)NC(=O)CCCCCCCCC/C=C\CCCCCCCCCCCCC. The molecule has 4 nitrogen and oxygen atoms in total. The Kier molecular flexibility index (Phi) is 43.4. The van der Waals surface area contributed by atoms with Crippen molar-refractivity contribution in [1.82, 2.24) is 5.32 Å². The number of aliphatic hydroxyl groups is 2. The molecule has 4 heteroatoms. The first kappa shape index (κ1) is 51.4. The van der Waals surface area contributed by atoms with Gasteiger partial charge in [0.25, 0.3) is 0 Å². The van der Waals surface area contributed by atoms with Crippen LogP contribution in [0.25, 0.3) is 0 Å². The fourth-order valence-corrected chi connectivity index (χ4v) is 6.91. The molecule has 3 N–H and O–H groups in total. The Labute approximate surface area is 331 Å². The maximum atomic E-state index is 12.4. The number of aliphatic hydroxyl groups excluding tert-OH is 2. The van der Waals surface area contributed by atoms with Crippen LogP contribution in [0.5, 0.6) is 0 Å². The van der Waals surface area contributed by atoms with E-state index in [-0.39, 0.29) is 12.5 Å². The molecule has 0 saturated heterocycles. The molecule has 0 heterocycles. The van der Waals surface area contributed by atoms with Crippen LogP contribution in [0.4, 0.5) is 0 Å². The highest BCUT2D eigenvalue weighted by atomic mass is 16.3. The lowest BCUT2D eigenvalue weighted by Gasteiger charge is -2.19. The Bertz CT molecular complexity index is 847. The average Bonchev–Trinajstić information content (AvgIpc) is 3.16. The zero-order valence-electron chi connectivity index (χ0n) is 35.5. The Hall–Kier alpha value is -1.65. The monoisotopic (exact) mass is 742 g/mol. The molecule has 0 aliphatic rings. The Morgan fingerprint density at radius 3 is 1.09 bits per heavy atom. The summed E-state index contributed by atoms with van der Waals surface area (Å²) in [5, 5.41) is 23.0. The van der Waals surface area contributed by atoms with Crippen LogP contribution in [0, 0.1) is 0 Å². The molecule has 1 amide bonds. The number of unbranched alkanes of at least 4 members (excludes halogenated alkanes) is 29. The van der Waals surface area contributed by atoms with Crippen molar-refractivity contribution in [3.63, 3.8) is 0 Å². The minimum absolute atomic E-state index is 0.0818. The first-order chi connectivity index (χ1) is 26.2. The van der Waals surface area contributed by atoms with Gasteiger partial charge in [-0.25, -0.2) is 0 Å². The van der Waals surface area contributed by atoms with Gasteiger partial charge in [-0.15, -0.1) is 0 Å². The normalized spacial score (nSPS) is 13.4. The molecule has 0 aromatic heterocycles. The summed E-state index contributed by atoms with van der Waals surface area (Å²) >= 11 is 0. The van der Waals surface area contributed by atoms with E-state index in [9.17, 15) is 15.0 Å². The fraction of sp³-hybridized carbons (Fsp3) is 0.816. The third-order valence-corrected chi connectivity index (χ3v) is 10.5. The highest BCUT2D eigenvalue weighted by Crippen LogP contribution is 2.14. The van der Waals surface area contributed by atoms with E-state index in [0.717, 1.165) is 38.5 Å². The van der Waals surface area contributed by atoms with Crippen molar-refractivity contribution in [2.45, 2.75) is 251 Å². The molecule has 310 valence electrons. The Morgan fingerprint density at radius 1 is 0.434 bits per heavy atom. The molecule has 2 atom stereocenters. The highest BCUT2D eigenvalue weighted by molar-refractivity contribution is 5.76. The number of amides is 1. The van der Waals surface area contributed by atoms with Gasteiger partial charge in [-0.3, -0.25) is 4.79 Å². The molecule has 2 unspecified atom stereocenters. The average molecular weight is 742 g/mol. The van der Waals surface area contributed by atoms with E-state index in [0.29, 0.717) is 6.42 Å². The van der Waals surface area contributed by atoms with Gasteiger partial charge in [-0.1, -0.05) is 210 Å². The second-order valence-corrected chi connectivity index (χ2v) is 15.8. The lowest BCUT2D eigenvalue weighted by Crippen LogP contribution is -2.45. The van der Waals surface area contributed by atoms with Gasteiger partial charge in [-0.2, -0.15) is 0 Å². The topological polar surface area (TPSA) is 69.6 Å². The van der Waals surface area contributed by atoms with E-state index in [1.54, 1.807) is 6.08 Å². The van der Waals surface area contributed by atoms with Gasteiger partial charge in [0.15, 0.2) is 0 Å². The van der Waals surface area contributed by atoms with Crippen LogP contribution >= 0.6 is 0 Å². The zero-order valence-corrected chi connectivity index (χ0v) is 35.5. The van der Waals surface area contributed by atoms with Crippen LogP contribution in [-0.4, -0.2) is 34.9 Å². The molecule has 0 fully saturated rings. The van der Waals surface area contributed by atoms with Crippen molar-refractivity contribution < 1.29 is 15.0 Å². The van der Waals surface area contributed by atoms with E-state index >= 15 is 0 Å². The maximum Gasteiger partial charge on any atom is 0.220 e. The molecule has 0 aromatic carbocycles. The van der Waals surface area contributed by atoms with Gasteiger partial charge in [0.05, 0.1) is 18.8 Å². The molecular formula is C49H91NO3. The van der Waals surface area contributed by atoms with E-state index in [2.05, 4.69) is 55.6 Å². The summed E-state index contributed by atoms with van der Waals surface area (Å²) in [5.74, 6) is -0.0818. The summed E-state index contributed by atoms with van der Waals surface area (Å²) in [6.07, 6.45) is 60.9. The predicted molar refractivity (Wildman–Crippen MR) is 235 cm³/mol. The maximum absolute atomic E-state index is 12.4. The molecule has 0 bridgehead atoms. The fourth-order valence-electron chi connectivity index (χ4n) is 6.91. The van der Waals surface area contributed by atoms with E-state index in [1.807, 2.05) is 6.08 Å². The number of hydrogen-bond acceptors (Lipinski definition) is 3. The largest absolute Gasteiger partial charge is 0.394 e.